The minimum absolute atomic E-state index is 0.0332. The number of halogens is 2. The molecule has 40 heavy (non-hydrogen) atoms. The number of nitrogens with zero attached hydrogens (tertiary/aromatic N) is 1. The molecule has 0 radical (unpaired) electrons. The zero-order valence-electron chi connectivity index (χ0n) is 21.7. The molecule has 0 unspecified atom stereocenters. The van der Waals surface area contributed by atoms with Gasteiger partial charge in [-0.25, -0.2) is 8.78 Å². The highest BCUT2D eigenvalue weighted by molar-refractivity contribution is 6.11. The lowest BCUT2D eigenvalue weighted by molar-refractivity contribution is -0.133. The number of pyridine rings is 1. The third-order valence-electron chi connectivity index (χ3n) is 7.36. The van der Waals surface area contributed by atoms with Gasteiger partial charge in [0, 0.05) is 31.2 Å². The van der Waals surface area contributed by atoms with Crippen LogP contribution >= 0.6 is 0 Å². The smallest absolute Gasteiger partial charge is 0.204 e. The molecule has 0 spiro atoms. The molecule has 0 saturated heterocycles. The van der Waals surface area contributed by atoms with E-state index in [1.807, 2.05) is 0 Å². The molecule has 1 aliphatic carbocycles. The lowest BCUT2D eigenvalue weighted by Gasteiger charge is -2.23. The van der Waals surface area contributed by atoms with E-state index in [9.17, 15) is 14.0 Å². The average molecular weight is 546 g/mol. The first kappa shape index (κ1) is 25.7. The van der Waals surface area contributed by atoms with Gasteiger partial charge in [0.15, 0.2) is 23.1 Å². The van der Waals surface area contributed by atoms with Crippen LogP contribution in [0.15, 0.2) is 60.8 Å². The molecule has 2 heterocycles. The SMILES string of the molecule is COc1cc2nccc(Oc3ccc(CC(=O)C4(C(=O)Cc5ccc(F)cc5)CC4)c(F)c3)c2c2c1OCCO2. The highest BCUT2D eigenvalue weighted by Crippen LogP contribution is 2.50. The van der Waals surface area contributed by atoms with Gasteiger partial charge in [-0.1, -0.05) is 18.2 Å². The first-order valence-electron chi connectivity index (χ1n) is 12.9. The largest absolute Gasteiger partial charge is 0.493 e. The van der Waals surface area contributed by atoms with Crippen molar-refractivity contribution in [3.05, 3.63) is 83.6 Å². The molecule has 3 aromatic carbocycles. The van der Waals surface area contributed by atoms with Crippen LogP contribution in [-0.4, -0.2) is 36.9 Å². The number of Topliss-reactive ketones (excluding diaryl/α,β-unsaturated/α-hetero) is 2. The Balaban J connectivity index is 1.20. The van der Waals surface area contributed by atoms with Crippen LogP contribution in [0.25, 0.3) is 10.9 Å². The van der Waals surface area contributed by atoms with Gasteiger partial charge in [-0.05, 0) is 48.2 Å². The van der Waals surface area contributed by atoms with Gasteiger partial charge in [-0.2, -0.15) is 0 Å². The third-order valence-corrected chi connectivity index (χ3v) is 7.36. The molecule has 2 aliphatic rings. The fourth-order valence-electron chi connectivity index (χ4n) is 5.01. The van der Waals surface area contributed by atoms with Crippen molar-refractivity contribution in [2.24, 2.45) is 5.41 Å². The van der Waals surface area contributed by atoms with Gasteiger partial charge >= 0.3 is 0 Å². The second-order valence-electron chi connectivity index (χ2n) is 9.90. The summed E-state index contributed by atoms with van der Waals surface area (Å²) in [5.41, 5.74) is 0.269. The molecule has 9 heteroatoms. The summed E-state index contributed by atoms with van der Waals surface area (Å²) in [6.45, 7) is 0.713. The number of ketones is 2. The number of methoxy groups -OCH3 is 1. The predicted octanol–water partition coefficient (Wildman–Crippen LogP) is 5.79. The molecule has 0 bridgehead atoms. The lowest BCUT2D eigenvalue weighted by Crippen LogP contribution is -2.29. The van der Waals surface area contributed by atoms with Crippen LogP contribution in [0, 0.1) is 17.0 Å². The van der Waals surface area contributed by atoms with Crippen LogP contribution in [0.5, 0.6) is 28.7 Å². The number of hydrogen-bond acceptors (Lipinski definition) is 7. The van der Waals surface area contributed by atoms with E-state index < -0.39 is 17.0 Å². The molecule has 1 aliphatic heterocycles. The molecule has 1 saturated carbocycles. The second kappa shape index (κ2) is 10.2. The Labute approximate surface area is 228 Å². The summed E-state index contributed by atoms with van der Waals surface area (Å²) in [7, 11) is 1.53. The van der Waals surface area contributed by atoms with Crippen molar-refractivity contribution in [2.45, 2.75) is 25.7 Å². The number of aromatic nitrogens is 1. The molecule has 1 aromatic heterocycles. The van der Waals surface area contributed by atoms with Crippen molar-refractivity contribution in [3.8, 4) is 28.7 Å². The van der Waals surface area contributed by atoms with E-state index in [2.05, 4.69) is 4.98 Å². The molecule has 0 atom stereocenters. The number of benzene rings is 3. The highest BCUT2D eigenvalue weighted by atomic mass is 19.1. The Morgan fingerprint density at radius 1 is 0.900 bits per heavy atom. The van der Waals surface area contributed by atoms with Crippen molar-refractivity contribution in [1.29, 1.82) is 0 Å². The van der Waals surface area contributed by atoms with E-state index in [-0.39, 0.29) is 35.7 Å². The summed E-state index contributed by atoms with van der Waals surface area (Å²) in [6.07, 6.45) is 2.26. The van der Waals surface area contributed by atoms with Gasteiger partial charge in [0.25, 0.3) is 0 Å². The molecule has 4 aromatic rings. The van der Waals surface area contributed by atoms with Gasteiger partial charge in [-0.3, -0.25) is 14.6 Å². The first-order chi connectivity index (χ1) is 19.4. The Morgan fingerprint density at radius 2 is 1.62 bits per heavy atom. The lowest BCUT2D eigenvalue weighted by atomic mass is 9.88. The number of rotatable bonds is 9. The predicted molar refractivity (Wildman–Crippen MR) is 141 cm³/mol. The Morgan fingerprint density at radius 3 is 2.33 bits per heavy atom. The topological polar surface area (TPSA) is 84.0 Å². The molecule has 6 rings (SSSR count). The van der Waals surface area contributed by atoms with E-state index in [4.69, 9.17) is 18.9 Å². The number of fused-ring (bicyclic) bond motifs is 3. The second-order valence-corrected chi connectivity index (χ2v) is 9.90. The molecule has 0 N–H and O–H groups in total. The van der Waals surface area contributed by atoms with Crippen molar-refractivity contribution in [2.75, 3.05) is 20.3 Å². The average Bonchev–Trinajstić information content (AvgIpc) is 3.78. The van der Waals surface area contributed by atoms with E-state index >= 15 is 4.39 Å². The van der Waals surface area contributed by atoms with Crippen molar-refractivity contribution in [3.63, 3.8) is 0 Å². The number of hydrogen-bond donors (Lipinski definition) is 0. The van der Waals surface area contributed by atoms with Gasteiger partial charge in [0.2, 0.25) is 5.75 Å². The minimum atomic E-state index is -1.10. The van der Waals surface area contributed by atoms with Crippen LogP contribution in [0.3, 0.4) is 0 Å². The van der Waals surface area contributed by atoms with Crippen LogP contribution in [-0.2, 0) is 22.4 Å². The highest BCUT2D eigenvalue weighted by Gasteiger charge is 2.54. The van der Waals surface area contributed by atoms with Crippen LogP contribution < -0.4 is 18.9 Å². The fourth-order valence-corrected chi connectivity index (χ4v) is 5.01. The normalized spacial score (nSPS) is 15.0. The van der Waals surface area contributed by atoms with Gasteiger partial charge in [-0.15, -0.1) is 0 Å². The number of ether oxygens (including phenoxy) is 4. The maximum Gasteiger partial charge on any atom is 0.204 e. The van der Waals surface area contributed by atoms with Crippen LogP contribution in [0.1, 0.15) is 24.0 Å². The monoisotopic (exact) mass is 545 g/mol. The fraction of sp³-hybridized carbons (Fsp3) is 0.258. The van der Waals surface area contributed by atoms with Crippen molar-refractivity contribution >= 4 is 22.5 Å². The quantitative estimate of drug-likeness (QED) is 0.246. The summed E-state index contributed by atoms with van der Waals surface area (Å²) < 4.78 is 51.4. The van der Waals surface area contributed by atoms with Crippen molar-refractivity contribution in [1.82, 2.24) is 4.98 Å². The number of carbonyl (C=O) groups is 2. The van der Waals surface area contributed by atoms with Gasteiger partial charge < -0.3 is 18.9 Å². The number of carbonyl (C=O) groups excluding carboxylic acids is 2. The van der Waals surface area contributed by atoms with Crippen molar-refractivity contribution < 1.29 is 37.3 Å². The molecule has 0 amide bonds. The maximum atomic E-state index is 15.2. The minimum Gasteiger partial charge on any atom is -0.493 e. The zero-order valence-corrected chi connectivity index (χ0v) is 21.7. The molecule has 1 fully saturated rings. The van der Waals surface area contributed by atoms with Crippen LogP contribution in [0.4, 0.5) is 8.78 Å². The first-order valence-corrected chi connectivity index (χ1v) is 12.9. The molecule has 7 nitrogen and oxygen atoms in total. The summed E-state index contributed by atoms with van der Waals surface area (Å²) >= 11 is 0. The summed E-state index contributed by atoms with van der Waals surface area (Å²) in [5, 5.41) is 0.563. The Bertz CT molecular complexity index is 1630. The zero-order chi connectivity index (χ0) is 27.9. The summed E-state index contributed by atoms with van der Waals surface area (Å²) in [4.78, 5) is 30.5. The van der Waals surface area contributed by atoms with E-state index in [1.54, 1.807) is 24.4 Å². The summed E-state index contributed by atoms with van der Waals surface area (Å²) in [6, 6.07) is 13.3. The summed E-state index contributed by atoms with van der Waals surface area (Å²) in [5.74, 6) is 0.428. The van der Waals surface area contributed by atoms with Gasteiger partial charge in [0.05, 0.1) is 23.4 Å². The van der Waals surface area contributed by atoms with E-state index in [1.165, 1.54) is 43.5 Å². The molecular weight excluding hydrogens is 520 g/mol. The van der Waals surface area contributed by atoms with E-state index in [0.717, 1.165) is 0 Å². The maximum absolute atomic E-state index is 15.2. The third kappa shape index (κ3) is 4.72. The Kier molecular flexibility index (Phi) is 6.57. The molecular formula is C31H25F2NO6. The molecule has 204 valence electrons. The van der Waals surface area contributed by atoms with Gasteiger partial charge in [0.1, 0.15) is 36.3 Å². The van der Waals surface area contributed by atoms with E-state index in [0.29, 0.717) is 65.5 Å². The Hall–Kier alpha value is -4.53. The van der Waals surface area contributed by atoms with Crippen LogP contribution in [0.2, 0.25) is 0 Å². The standard InChI is InChI=1S/C31H25F2NO6/c1-37-25-17-23-28(30-29(25)38-12-13-39-30)24(8-11-34-23)40-21-7-4-19(22(33)16-21)15-27(36)31(9-10-31)26(35)14-18-2-5-20(32)6-3-18/h2-8,11,16-17H,9-10,12-15H2,1H3.